The zero-order valence-electron chi connectivity index (χ0n) is 20.4. The standard InChI is InChI=1S/C26H32N6O2/c1-16-14-32-15-20(13-23(32)17(2)29-16)24(28)30-22-7-6-19(12-21(22)27)18-8-10-31(11-9-18)25(33)34-26(3,4)5/h6-8,12-15H,9-11,27H2,1-5H3,(H2,28,30). The van der Waals surface area contributed by atoms with Crippen molar-refractivity contribution in [1.82, 2.24) is 14.3 Å². The molecule has 0 saturated carbocycles. The number of carbonyl (C=O) groups excluding carboxylic acids is 1. The summed E-state index contributed by atoms with van der Waals surface area (Å²) in [5.74, 6) is 0.394. The molecule has 0 atom stereocenters. The lowest BCUT2D eigenvalue weighted by atomic mass is 9.98. The minimum atomic E-state index is -0.504. The van der Waals surface area contributed by atoms with Crippen LogP contribution in [0.3, 0.4) is 0 Å². The van der Waals surface area contributed by atoms with Gasteiger partial charge in [-0.1, -0.05) is 12.1 Å². The van der Waals surface area contributed by atoms with E-state index in [9.17, 15) is 4.79 Å². The van der Waals surface area contributed by atoms with Crippen LogP contribution in [0.4, 0.5) is 16.2 Å². The highest BCUT2D eigenvalue weighted by Crippen LogP contribution is 2.30. The van der Waals surface area contributed by atoms with Crippen LogP contribution < -0.4 is 11.5 Å². The van der Waals surface area contributed by atoms with E-state index < -0.39 is 5.60 Å². The van der Waals surface area contributed by atoms with Crippen molar-refractivity contribution in [3.8, 4) is 0 Å². The average molecular weight is 461 g/mol. The summed E-state index contributed by atoms with van der Waals surface area (Å²) < 4.78 is 7.48. The van der Waals surface area contributed by atoms with Crippen molar-refractivity contribution in [3.05, 3.63) is 65.2 Å². The summed E-state index contributed by atoms with van der Waals surface area (Å²) >= 11 is 0. The molecule has 0 spiro atoms. The fraction of sp³-hybridized carbons (Fsp3) is 0.346. The van der Waals surface area contributed by atoms with Crippen molar-refractivity contribution in [1.29, 1.82) is 0 Å². The molecule has 1 aromatic carbocycles. The Kier molecular flexibility index (Phi) is 6.08. The molecule has 4 rings (SSSR count). The topological polar surface area (TPSA) is 111 Å². The molecule has 4 N–H and O–H groups in total. The molecule has 0 fully saturated rings. The molecule has 1 aliphatic rings. The average Bonchev–Trinajstić information content (AvgIpc) is 3.19. The molecule has 8 heteroatoms. The van der Waals surface area contributed by atoms with Crippen molar-refractivity contribution in [3.63, 3.8) is 0 Å². The first kappa shape index (κ1) is 23.4. The highest BCUT2D eigenvalue weighted by molar-refractivity contribution is 6.01. The Hall–Kier alpha value is -3.81. The van der Waals surface area contributed by atoms with Crippen LogP contribution in [0.2, 0.25) is 0 Å². The fourth-order valence-corrected chi connectivity index (χ4v) is 4.04. The fourth-order valence-electron chi connectivity index (χ4n) is 4.04. The molecule has 0 aliphatic carbocycles. The number of nitrogen functional groups attached to an aromatic ring is 1. The van der Waals surface area contributed by atoms with Gasteiger partial charge < -0.3 is 25.5 Å². The van der Waals surface area contributed by atoms with Crippen LogP contribution in [0.5, 0.6) is 0 Å². The number of anilines is 1. The largest absolute Gasteiger partial charge is 0.444 e. The van der Waals surface area contributed by atoms with Crippen molar-refractivity contribution >= 4 is 34.4 Å². The second kappa shape index (κ2) is 8.85. The second-order valence-corrected chi connectivity index (χ2v) is 9.67. The van der Waals surface area contributed by atoms with E-state index >= 15 is 0 Å². The van der Waals surface area contributed by atoms with E-state index in [1.165, 1.54) is 0 Å². The number of hydrogen-bond acceptors (Lipinski definition) is 5. The molecule has 1 amide bonds. The minimum absolute atomic E-state index is 0.290. The molecule has 34 heavy (non-hydrogen) atoms. The Balaban J connectivity index is 1.51. The highest BCUT2D eigenvalue weighted by atomic mass is 16.6. The van der Waals surface area contributed by atoms with E-state index in [0.29, 0.717) is 30.3 Å². The summed E-state index contributed by atoms with van der Waals surface area (Å²) in [6.45, 7) is 10.7. The van der Waals surface area contributed by atoms with Crippen molar-refractivity contribution in [2.75, 3.05) is 18.8 Å². The first-order valence-electron chi connectivity index (χ1n) is 11.4. The van der Waals surface area contributed by atoms with Crippen LogP contribution in [0.1, 0.15) is 49.7 Å². The number of nitrogens with two attached hydrogens (primary N) is 2. The third-order valence-electron chi connectivity index (χ3n) is 5.69. The number of ether oxygens (including phenoxy) is 1. The number of aromatic nitrogens is 2. The smallest absolute Gasteiger partial charge is 0.410 e. The Morgan fingerprint density at radius 1 is 1.18 bits per heavy atom. The van der Waals surface area contributed by atoms with Gasteiger partial charge in [0.1, 0.15) is 11.4 Å². The maximum atomic E-state index is 12.3. The van der Waals surface area contributed by atoms with Gasteiger partial charge in [-0.2, -0.15) is 0 Å². The summed E-state index contributed by atoms with van der Waals surface area (Å²) in [4.78, 5) is 23.1. The number of benzene rings is 1. The summed E-state index contributed by atoms with van der Waals surface area (Å²) in [5, 5.41) is 0. The van der Waals surface area contributed by atoms with Gasteiger partial charge in [0.15, 0.2) is 0 Å². The molecular weight excluding hydrogens is 428 g/mol. The summed E-state index contributed by atoms with van der Waals surface area (Å²) in [7, 11) is 0. The van der Waals surface area contributed by atoms with Crippen LogP contribution in [0, 0.1) is 13.8 Å². The molecule has 178 valence electrons. The Morgan fingerprint density at radius 3 is 2.59 bits per heavy atom. The molecule has 1 aliphatic heterocycles. The van der Waals surface area contributed by atoms with Crippen molar-refractivity contribution in [2.24, 2.45) is 10.7 Å². The van der Waals surface area contributed by atoms with Gasteiger partial charge in [0.05, 0.1) is 28.3 Å². The van der Waals surface area contributed by atoms with Gasteiger partial charge in [-0.3, -0.25) is 4.98 Å². The van der Waals surface area contributed by atoms with E-state index in [-0.39, 0.29) is 6.09 Å². The zero-order valence-corrected chi connectivity index (χ0v) is 20.4. The van der Waals surface area contributed by atoms with Crippen LogP contribution >= 0.6 is 0 Å². The Bertz CT molecular complexity index is 1310. The second-order valence-electron chi connectivity index (χ2n) is 9.67. The van der Waals surface area contributed by atoms with E-state index in [1.807, 2.05) is 81.8 Å². The predicted molar refractivity (Wildman–Crippen MR) is 136 cm³/mol. The number of carbonyl (C=O) groups is 1. The van der Waals surface area contributed by atoms with E-state index in [1.54, 1.807) is 4.90 Å². The third kappa shape index (κ3) is 5.06. The predicted octanol–water partition coefficient (Wildman–Crippen LogP) is 4.59. The van der Waals surface area contributed by atoms with Crippen LogP contribution in [0.25, 0.3) is 11.1 Å². The number of fused-ring (bicyclic) bond motifs is 1. The lowest BCUT2D eigenvalue weighted by Gasteiger charge is -2.29. The molecule has 3 aromatic rings. The maximum Gasteiger partial charge on any atom is 0.410 e. The first-order chi connectivity index (χ1) is 16.0. The Morgan fingerprint density at radius 2 is 1.94 bits per heavy atom. The lowest BCUT2D eigenvalue weighted by molar-refractivity contribution is 0.0270. The molecule has 2 aromatic heterocycles. The molecule has 3 heterocycles. The molecular formula is C26H32N6O2. The number of rotatable bonds is 3. The highest BCUT2D eigenvalue weighted by Gasteiger charge is 2.24. The van der Waals surface area contributed by atoms with Crippen LogP contribution in [0.15, 0.2) is 47.7 Å². The van der Waals surface area contributed by atoms with Gasteiger partial charge in [-0.05, 0) is 70.4 Å². The van der Waals surface area contributed by atoms with E-state index in [4.69, 9.17) is 16.2 Å². The van der Waals surface area contributed by atoms with Crippen LogP contribution in [-0.2, 0) is 4.74 Å². The summed E-state index contributed by atoms with van der Waals surface area (Å²) in [6.07, 6.45) is 6.40. The van der Waals surface area contributed by atoms with E-state index in [0.717, 1.165) is 40.0 Å². The number of nitrogens with zero attached hydrogens (tertiary/aromatic N) is 4. The molecule has 0 unspecified atom stereocenters. The first-order valence-corrected chi connectivity index (χ1v) is 11.4. The number of hydrogen-bond donors (Lipinski definition) is 2. The number of amidine groups is 1. The molecule has 8 nitrogen and oxygen atoms in total. The Labute approximate surface area is 199 Å². The number of amides is 1. The van der Waals surface area contributed by atoms with Crippen LogP contribution in [-0.4, -0.2) is 44.9 Å². The van der Waals surface area contributed by atoms with Gasteiger partial charge in [0, 0.05) is 31.0 Å². The monoisotopic (exact) mass is 460 g/mol. The molecule has 0 saturated heterocycles. The summed E-state index contributed by atoms with van der Waals surface area (Å²) in [5.41, 5.74) is 19.2. The van der Waals surface area contributed by atoms with Crippen molar-refractivity contribution in [2.45, 2.75) is 46.6 Å². The van der Waals surface area contributed by atoms with Crippen molar-refractivity contribution < 1.29 is 9.53 Å². The quantitative estimate of drug-likeness (QED) is 0.337. The lowest BCUT2D eigenvalue weighted by Crippen LogP contribution is -2.39. The SMILES string of the molecule is Cc1cn2cc(C(N)=Nc3ccc(C4=CCN(C(=O)OC(C)(C)C)CC4)cc3N)cc2c(C)n1. The molecule has 0 radical (unpaired) electrons. The van der Waals surface area contributed by atoms with E-state index in [2.05, 4.69) is 9.98 Å². The summed E-state index contributed by atoms with van der Waals surface area (Å²) in [6, 6.07) is 7.76. The zero-order chi connectivity index (χ0) is 24.6. The number of aryl methyl sites for hydroxylation is 2. The number of aliphatic imine (C=N–C) groups is 1. The van der Waals surface area contributed by atoms with Gasteiger partial charge in [0.25, 0.3) is 0 Å². The van der Waals surface area contributed by atoms with Gasteiger partial charge >= 0.3 is 6.09 Å². The minimum Gasteiger partial charge on any atom is -0.444 e. The van der Waals surface area contributed by atoms with Gasteiger partial charge in [-0.15, -0.1) is 0 Å². The molecule has 0 bridgehead atoms. The normalized spacial score (nSPS) is 14.9. The van der Waals surface area contributed by atoms with Gasteiger partial charge in [0.2, 0.25) is 0 Å². The van der Waals surface area contributed by atoms with Gasteiger partial charge in [-0.25, -0.2) is 9.79 Å². The third-order valence-corrected chi connectivity index (χ3v) is 5.69. The maximum absolute atomic E-state index is 12.3.